The predicted octanol–water partition coefficient (Wildman–Crippen LogP) is 0.929. The Morgan fingerprint density at radius 2 is 2.42 bits per heavy atom. The molecular formula is C5H5ClN4O2. The molecule has 64 valence electrons. The number of nitrogens with zero attached hydrogens (tertiary/aromatic N) is 2. The molecule has 0 spiro atoms. The summed E-state index contributed by atoms with van der Waals surface area (Å²) in [5.74, 6) is 4.66. The van der Waals surface area contributed by atoms with Gasteiger partial charge in [-0.2, -0.15) is 0 Å². The lowest BCUT2D eigenvalue weighted by atomic mass is 10.4. The van der Waals surface area contributed by atoms with Crippen molar-refractivity contribution >= 4 is 23.1 Å². The van der Waals surface area contributed by atoms with Gasteiger partial charge in [0.15, 0.2) is 6.20 Å². The summed E-state index contributed by atoms with van der Waals surface area (Å²) in [6.07, 6.45) is 1.18. The number of nitro groups is 1. The summed E-state index contributed by atoms with van der Waals surface area (Å²) in [4.78, 5) is 13.1. The topological polar surface area (TPSA) is 94.1 Å². The van der Waals surface area contributed by atoms with Gasteiger partial charge >= 0.3 is 5.82 Å². The van der Waals surface area contributed by atoms with Crippen LogP contribution in [0.15, 0.2) is 12.3 Å². The van der Waals surface area contributed by atoms with Crippen LogP contribution >= 0.6 is 11.6 Å². The molecule has 0 unspecified atom stereocenters. The Morgan fingerprint density at radius 1 is 1.75 bits per heavy atom. The molecule has 12 heavy (non-hydrogen) atoms. The van der Waals surface area contributed by atoms with Gasteiger partial charge in [0, 0.05) is 0 Å². The number of nitrogens with one attached hydrogen (secondary N) is 1. The van der Waals surface area contributed by atoms with E-state index in [9.17, 15) is 10.1 Å². The third kappa shape index (κ3) is 1.60. The van der Waals surface area contributed by atoms with Crippen LogP contribution in [-0.2, 0) is 0 Å². The summed E-state index contributed by atoms with van der Waals surface area (Å²) in [5, 5.41) is 10.6. The first-order valence-corrected chi connectivity index (χ1v) is 3.29. The highest BCUT2D eigenvalue weighted by Crippen LogP contribution is 2.23. The summed E-state index contributed by atoms with van der Waals surface area (Å²) < 4.78 is 0. The maximum Gasteiger partial charge on any atom is 0.388 e. The molecule has 0 aliphatic heterocycles. The largest absolute Gasteiger partial charge is 0.388 e. The van der Waals surface area contributed by atoms with Gasteiger partial charge in [0.25, 0.3) is 0 Å². The van der Waals surface area contributed by atoms with Crippen molar-refractivity contribution in [3.8, 4) is 0 Å². The smallest absolute Gasteiger partial charge is 0.358 e. The number of nitrogens with two attached hydrogens (primary N) is 1. The Hall–Kier alpha value is -1.40. The molecular weight excluding hydrogens is 184 g/mol. The number of hydrogen-bond acceptors (Lipinski definition) is 5. The van der Waals surface area contributed by atoms with E-state index in [1.807, 2.05) is 0 Å². The van der Waals surface area contributed by atoms with Crippen LogP contribution in [0.2, 0.25) is 5.02 Å². The Bertz CT molecular complexity index is 316. The molecule has 0 bridgehead atoms. The van der Waals surface area contributed by atoms with E-state index in [4.69, 9.17) is 17.4 Å². The quantitative estimate of drug-likeness (QED) is 0.409. The Morgan fingerprint density at radius 3 is 2.92 bits per heavy atom. The minimum Gasteiger partial charge on any atom is -0.358 e. The molecule has 6 nitrogen and oxygen atoms in total. The number of hydrogen-bond donors (Lipinski definition) is 2. The van der Waals surface area contributed by atoms with Crippen molar-refractivity contribution in [3.05, 3.63) is 27.4 Å². The van der Waals surface area contributed by atoms with E-state index in [2.05, 4.69) is 10.4 Å². The van der Waals surface area contributed by atoms with E-state index in [1.165, 1.54) is 12.3 Å². The molecule has 0 aliphatic carbocycles. The first-order chi connectivity index (χ1) is 5.65. The molecule has 3 N–H and O–H groups in total. The normalized spacial score (nSPS) is 9.50. The molecule has 0 saturated heterocycles. The molecule has 0 aromatic carbocycles. The van der Waals surface area contributed by atoms with E-state index in [1.54, 1.807) is 0 Å². The Kier molecular flexibility index (Phi) is 2.41. The van der Waals surface area contributed by atoms with Crippen LogP contribution in [-0.4, -0.2) is 9.91 Å². The van der Waals surface area contributed by atoms with E-state index in [-0.39, 0.29) is 16.5 Å². The van der Waals surface area contributed by atoms with Crippen LogP contribution in [0.3, 0.4) is 0 Å². The summed E-state index contributed by atoms with van der Waals surface area (Å²) >= 11 is 5.52. The number of anilines is 1. The van der Waals surface area contributed by atoms with Crippen LogP contribution in [0.1, 0.15) is 0 Å². The minimum absolute atomic E-state index is 0.0903. The van der Waals surface area contributed by atoms with Gasteiger partial charge in [-0.1, -0.05) is 11.6 Å². The van der Waals surface area contributed by atoms with Crippen molar-refractivity contribution < 1.29 is 4.92 Å². The highest BCUT2D eigenvalue weighted by atomic mass is 35.5. The van der Waals surface area contributed by atoms with Gasteiger partial charge < -0.3 is 15.5 Å². The molecule has 7 heteroatoms. The fourth-order valence-electron chi connectivity index (χ4n) is 0.684. The molecule has 0 atom stereocenters. The number of pyridine rings is 1. The van der Waals surface area contributed by atoms with E-state index in [0.717, 1.165) is 0 Å². The first-order valence-electron chi connectivity index (χ1n) is 2.91. The van der Waals surface area contributed by atoms with Crippen molar-refractivity contribution in [2.45, 2.75) is 0 Å². The van der Waals surface area contributed by atoms with Gasteiger partial charge in [0.1, 0.15) is 5.69 Å². The highest BCUT2D eigenvalue weighted by Gasteiger charge is 2.14. The van der Waals surface area contributed by atoms with Gasteiger partial charge in [-0.15, -0.1) is 0 Å². The molecule has 0 radical (unpaired) electrons. The lowest BCUT2D eigenvalue weighted by Gasteiger charge is -1.99. The summed E-state index contributed by atoms with van der Waals surface area (Å²) in [6.45, 7) is 0. The monoisotopic (exact) mass is 188 g/mol. The van der Waals surface area contributed by atoms with Crippen molar-refractivity contribution in [2.75, 3.05) is 5.43 Å². The molecule has 1 heterocycles. The van der Waals surface area contributed by atoms with Gasteiger partial charge in [0.2, 0.25) is 0 Å². The molecule has 0 aliphatic rings. The summed E-state index contributed by atoms with van der Waals surface area (Å²) in [5.41, 5.74) is 2.22. The van der Waals surface area contributed by atoms with E-state index < -0.39 is 4.92 Å². The van der Waals surface area contributed by atoms with Crippen LogP contribution in [0.25, 0.3) is 0 Å². The number of halogens is 1. The van der Waals surface area contributed by atoms with Gasteiger partial charge in [-0.05, 0) is 16.0 Å². The van der Waals surface area contributed by atoms with E-state index in [0.29, 0.717) is 0 Å². The number of nitrogen functional groups attached to an aromatic ring is 1. The SMILES string of the molecule is NNc1cc(Cl)cnc1[N+](=O)[O-]. The van der Waals surface area contributed by atoms with E-state index >= 15 is 0 Å². The zero-order valence-corrected chi connectivity index (χ0v) is 6.58. The molecule has 0 saturated carbocycles. The van der Waals surface area contributed by atoms with Crippen LogP contribution < -0.4 is 11.3 Å². The lowest BCUT2D eigenvalue weighted by Crippen LogP contribution is -2.09. The predicted molar refractivity (Wildman–Crippen MR) is 43.7 cm³/mol. The Balaban J connectivity index is 3.20. The minimum atomic E-state index is -0.647. The second kappa shape index (κ2) is 3.33. The lowest BCUT2D eigenvalue weighted by molar-refractivity contribution is -0.388. The zero-order chi connectivity index (χ0) is 9.14. The molecule has 1 rings (SSSR count). The van der Waals surface area contributed by atoms with Gasteiger partial charge in [0.05, 0.1) is 5.02 Å². The third-order valence-corrected chi connectivity index (χ3v) is 1.37. The second-order valence-corrected chi connectivity index (χ2v) is 2.36. The highest BCUT2D eigenvalue weighted by molar-refractivity contribution is 6.30. The van der Waals surface area contributed by atoms with Crippen LogP contribution in [0.5, 0.6) is 0 Å². The number of rotatable bonds is 2. The summed E-state index contributed by atoms with van der Waals surface area (Å²) in [7, 11) is 0. The number of aromatic nitrogens is 1. The third-order valence-electron chi connectivity index (χ3n) is 1.16. The maximum atomic E-state index is 10.3. The standard InChI is InChI=1S/C5H5ClN4O2/c6-3-1-4(9-7)5(8-2-3)10(11)12/h1-2,9H,7H2. The van der Waals surface area contributed by atoms with Crippen molar-refractivity contribution in [3.63, 3.8) is 0 Å². The van der Waals surface area contributed by atoms with Crippen LogP contribution in [0, 0.1) is 10.1 Å². The number of hydrazine groups is 1. The fourth-order valence-corrected chi connectivity index (χ4v) is 0.842. The average Bonchev–Trinajstić information content (AvgIpc) is 2.03. The van der Waals surface area contributed by atoms with Crippen molar-refractivity contribution in [1.29, 1.82) is 0 Å². The van der Waals surface area contributed by atoms with Gasteiger partial charge in [-0.25, -0.2) is 0 Å². The van der Waals surface area contributed by atoms with Gasteiger partial charge in [-0.3, -0.25) is 5.84 Å². The second-order valence-electron chi connectivity index (χ2n) is 1.93. The van der Waals surface area contributed by atoms with Crippen molar-refractivity contribution in [1.82, 2.24) is 4.98 Å². The molecule has 0 fully saturated rings. The first kappa shape index (κ1) is 8.69. The maximum absolute atomic E-state index is 10.3. The molecule has 1 aromatic heterocycles. The fraction of sp³-hybridized carbons (Fsp3) is 0. The molecule has 1 aromatic rings. The molecule has 0 amide bonds. The van der Waals surface area contributed by atoms with Crippen molar-refractivity contribution in [2.24, 2.45) is 5.84 Å². The Labute approximate surface area is 72.5 Å². The average molecular weight is 189 g/mol. The zero-order valence-electron chi connectivity index (χ0n) is 5.82. The summed E-state index contributed by atoms with van der Waals surface area (Å²) in [6, 6.07) is 1.33. The van der Waals surface area contributed by atoms with Crippen LogP contribution in [0.4, 0.5) is 11.5 Å².